The van der Waals surface area contributed by atoms with Crippen LogP contribution in [0.5, 0.6) is 0 Å². The van der Waals surface area contributed by atoms with Crippen LogP contribution in [0.4, 0.5) is 4.39 Å². The number of nitrogens with zero attached hydrogens (tertiary/aromatic N) is 2. The average molecular weight is 488 g/mol. The van der Waals surface area contributed by atoms with Gasteiger partial charge in [0, 0.05) is 25.1 Å². The maximum atomic E-state index is 13.2. The van der Waals surface area contributed by atoms with Gasteiger partial charge in [-0.25, -0.2) is 9.38 Å². The largest absolute Gasteiger partial charge is 0.361 e. The van der Waals surface area contributed by atoms with Gasteiger partial charge in [0.2, 0.25) is 0 Å². The van der Waals surface area contributed by atoms with Crippen LogP contribution >= 0.6 is 24.0 Å². The Labute approximate surface area is 178 Å². The zero-order chi connectivity index (χ0) is 18.8. The number of benzene rings is 1. The van der Waals surface area contributed by atoms with Crippen LogP contribution in [0.25, 0.3) is 0 Å². The highest BCUT2D eigenvalue weighted by Gasteiger charge is 2.13. The molecule has 0 saturated carbocycles. The summed E-state index contributed by atoms with van der Waals surface area (Å²) in [6.45, 7) is 8.28. The minimum atomic E-state index is -0.183. The fourth-order valence-electron chi connectivity index (χ4n) is 2.81. The first-order chi connectivity index (χ1) is 12.7. The Morgan fingerprint density at radius 2 is 2.00 bits per heavy atom. The van der Waals surface area contributed by atoms with Crippen LogP contribution in [0.2, 0.25) is 0 Å². The molecule has 0 atom stereocenters. The van der Waals surface area contributed by atoms with Crippen molar-refractivity contribution < 1.29 is 8.91 Å². The fourth-order valence-corrected chi connectivity index (χ4v) is 2.81. The van der Waals surface area contributed by atoms with Crippen LogP contribution in [0.1, 0.15) is 49.8 Å². The third-order valence-electron chi connectivity index (χ3n) is 4.17. The number of aryl methyl sites for hydroxylation is 3. The van der Waals surface area contributed by atoms with E-state index in [1.807, 2.05) is 13.0 Å². The predicted molar refractivity (Wildman–Crippen MR) is 118 cm³/mol. The summed E-state index contributed by atoms with van der Waals surface area (Å²) < 4.78 is 18.6. The van der Waals surface area contributed by atoms with Crippen LogP contribution < -0.4 is 10.6 Å². The molecule has 5 nitrogen and oxygen atoms in total. The first-order valence-corrected chi connectivity index (χ1v) is 9.40. The highest BCUT2D eigenvalue weighted by Crippen LogP contribution is 2.16. The van der Waals surface area contributed by atoms with Gasteiger partial charge >= 0.3 is 0 Å². The molecule has 0 saturated heterocycles. The minimum absolute atomic E-state index is 0. The molecular weight excluding hydrogens is 458 g/mol. The molecule has 7 heteroatoms. The van der Waals surface area contributed by atoms with Gasteiger partial charge in [-0.2, -0.15) is 0 Å². The number of nitrogens with one attached hydrogen (secondary N) is 2. The van der Waals surface area contributed by atoms with Crippen molar-refractivity contribution in [2.24, 2.45) is 4.99 Å². The van der Waals surface area contributed by atoms with Crippen molar-refractivity contribution in [1.29, 1.82) is 0 Å². The Morgan fingerprint density at radius 3 is 2.67 bits per heavy atom. The molecule has 0 bridgehead atoms. The summed E-state index contributed by atoms with van der Waals surface area (Å²) >= 11 is 0. The smallest absolute Gasteiger partial charge is 0.191 e. The number of halogens is 2. The van der Waals surface area contributed by atoms with Gasteiger partial charge in [-0.3, -0.25) is 0 Å². The molecule has 150 valence electrons. The van der Waals surface area contributed by atoms with Crippen LogP contribution in [-0.4, -0.2) is 24.2 Å². The van der Waals surface area contributed by atoms with Gasteiger partial charge < -0.3 is 15.2 Å². The molecule has 0 unspecified atom stereocenters. The van der Waals surface area contributed by atoms with Crippen LogP contribution in [-0.2, 0) is 25.8 Å². The van der Waals surface area contributed by atoms with Gasteiger partial charge in [-0.1, -0.05) is 31.1 Å². The number of aliphatic imine (C=N–C) groups is 1. The Bertz CT molecular complexity index is 696. The maximum Gasteiger partial charge on any atom is 0.191 e. The Morgan fingerprint density at radius 1 is 1.19 bits per heavy atom. The third kappa shape index (κ3) is 7.48. The molecule has 0 fully saturated rings. The number of rotatable bonds is 9. The summed E-state index contributed by atoms with van der Waals surface area (Å²) in [5.74, 6) is 1.50. The van der Waals surface area contributed by atoms with Crippen molar-refractivity contribution in [1.82, 2.24) is 15.8 Å². The van der Waals surface area contributed by atoms with Gasteiger partial charge in [0.15, 0.2) is 5.96 Å². The fraction of sp³-hybridized carbons (Fsp3) is 0.500. The topological polar surface area (TPSA) is 62.5 Å². The van der Waals surface area contributed by atoms with Crippen LogP contribution in [0, 0.1) is 5.82 Å². The molecule has 0 amide bonds. The van der Waals surface area contributed by atoms with Crippen molar-refractivity contribution >= 4 is 29.9 Å². The molecule has 0 aliphatic heterocycles. The lowest BCUT2D eigenvalue weighted by Gasteiger charge is -2.11. The van der Waals surface area contributed by atoms with Crippen molar-refractivity contribution in [3.05, 3.63) is 52.7 Å². The van der Waals surface area contributed by atoms with E-state index in [1.165, 1.54) is 6.07 Å². The molecule has 1 heterocycles. The molecule has 0 aliphatic carbocycles. The van der Waals surface area contributed by atoms with E-state index < -0.39 is 0 Å². The van der Waals surface area contributed by atoms with Crippen molar-refractivity contribution in [2.75, 3.05) is 13.1 Å². The van der Waals surface area contributed by atoms with E-state index >= 15 is 0 Å². The molecule has 1 aromatic heterocycles. The van der Waals surface area contributed by atoms with Crippen molar-refractivity contribution in [3.8, 4) is 0 Å². The van der Waals surface area contributed by atoms with Crippen LogP contribution in [0.3, 0.4) is 0 Å². The monoisotopic (exact) mass is 488 g/mol. The van der Waals surface area contributed by atoms with E-state index in [1.54, 1.807) is 12.1 Å². The summed E-state index contributed by atoms with van der Waals surface area (Å²) in [5.41, 5.74) is 3.08. The average Bonchev–Trinajstić information content (AvgIpc) is 3.05. The molecule has 1 aromatic carbocycles. The molecule has 2 N–H and O–H groups in total. The lowest BCUT2D eigenvalue weighted by atomic mass is 10.1. The van der Waals surface area contributed by atoms with Gasteiger partial charge in [-0.15, -0.1) is 24.0 Å². The molecule has 2 aromatic rings. The summed E-state index contributed by atoms with van der Waals surface area (Å²) in [4.78, 5) is 4.67. The van der Waals surface area contributed by atoms with Crippen molar-refractivity contribution in [2.45, 2.75) is 53.0 Å². The number of aromatic nitrogens is 1. The molecular formula is C20H30FIN4O. The zero-order valence-electron chi connectivity index (χ0n) is 16.3. The molecule has 0 radical (unpaired) electrons. The summed E-state index contributed by atoms with van der Waals surface area (Å²) in [7, 11) is 0. The van der Waals surface area contributed by atoms with E-state index in [9.17, 15) is 4.39 Å². The standard InChI is InChI=1S/C20H29FN4O.HI/c1-4-18-17(19(5-2)26-25-18)14-24-20(22-6-3)23-12-8-10-15-9-7-11-16(21)13-15;/h7,9,11,13H,4-6,8,10,12,14H2,1-3H3,(H2,22,23,24);1H. The number of hydrogen-bond donors (Lipinski definition) is 2. The normalized spacial score (nSPS) is 11.2. The quantitative estimate of drug-likeness (QED) is 0.240. The van der Waals surface area contributed by atoms with Gasteiger partial charge in [0.1, 0.15) is 11.6 Å². The van der Waals surface area contributed by atoms with E-state index in [0.717, 1.165) is 67.3 Å². The van der Waals surface area contributed by atoms with E-state index in [2.05, 4.69) is 34.6 Å². The van der Waals surface area contributed by atoms with E-state index in [-0.39, 0.29) is 29.8 Å². The summed E-state index contributed by atoms with van der Waals surface area (Å²) in [5, 5.41) is 10.7. The van der Waals surface area contributed by atoms with Crippen molar-refractivity contribution in [3.63, 3.8) is 0 Å². The second-order valence-corrected chi connectivity index (χ2v) is 6.09. The second kappa shape index (κ2) is 12.7. The van der Waals surface area contributed by atoms with E-state index in [0.29, 0.717) is 6.54 Å². The SMILES string of the molecule is CCNC(=NCc1c(CC)noc1CC)NCCCc1cccc(F)c1.I. The Hall–Kier alpha value is -1.64. The zero-order valence-corrected chi connectivity index (χ0v) is 18.7. The Kier molecular flexibility index (Phi) is 11.0. The molecule has 27 heavy (non-hydrogen) atoms. The van der Waals surface area contributed by atoms with E-state index in [4.69, 9.17) is 4.52 Å². The van der Waals surface area contributed by atoms with Gasteiger partial charge in [-0.05, 0) is 43.9 Å². The molecule has 0 aliphatic rings. The Balaban J connectivity index is 0.00000364. The first-order valence-electron chi connectivity index (χ1n) is 9.40. The van der Waals surface area contributed by atoms with Crippen LogP contribution in [0.15, 0.2) is 33.8 Å². The molecule has 2 rings (SSSR count). The highest BCUT2D eigenvalue weighted by molar-refractivity contribution is 14.0. The van der Waals surface area contributed by atoms with Gasteiger partial charge in [0.05, 0.1) is 12.2 Å². The summed E-state index contributed by atoms with van der Waals surface area (Å²) in [6, 6.07) is 6.76. The highest BCUT2D eigenvalue weighted by atomic mass is 127. The minimum Gasteiger partial charge on any atom is -0.361 e. The lowest BCUT2D eigenvalue weighted by Crippen LogP contribution is -2.37. The predicted octanol–water partition coefficient (Wildman–Crippen LogP) is 4.24. The maximum absolute atomic E-state index is 13.2. The lowest BCUT2D eigenvalue weighted by molar-refractivity contribution is 0.380. The second-order valence-electron chi connectivity index (χ2n) is 6.09. The first kappa shape index (κ1) is 23.4. The molecule has 0 spiro atoms. The number of guanidine groups is 1. The summed E-state index contributed by atoms with van der Waals surface area (Å²) in [6.07, 6.45) is 3.39. The third-order valence-corrected chi connectivity index (χ3v) is 4.17. The van der Waals surface area contributed by atoms with Gasteiger partial charge in [0.25, 0.3) is 0 Å². The number of hydrogen-bond acceptors (Lipinski definition) is 3.